The summed E-state index contributed by atoms with van der Waals surface area (Å²) >= 11 is 0. The van der Waals surface area contributed by atoms with E-state index in [0.29, 0.717) is 12.0 Å². The van der Waals surface area contributed by atoms with Crippen LogP contribution in [0.25, 0.3) is 11.1 Å². The number of hydrogen-bond acceptors (Lipinski definition) is 4. The van der Waals surface area contributed by atoms with E-state index in [2.05, 4.69) is 13.0 Å². The van der Waals surface area contributed by atoms with Crippen LogP contribution in [-0.4, -0.2) is 23.1 Å². The molecule has 3 unspecified atom stereocenters. The van der Waals surface area contributed by atoms with Gasteiger partial charge in [0.25, 0.3) is 0 Å². The molecule has 0 N–H and O–H groups in total. The lowest BCUT2D eigenvalue weighted by molar-refractivity contribution is -0.129. The van der Waals surface area contributed by atoms with Crippen LogP contribution in [0, 0.1) is 30.6 Å². The summed E-state index contributed by atoms with van der Waals surface area (Å²) in [6.07, 6.45) is 4.67. The number of aryl methyl sites for hydroxylation is 1. The maximum atomic E-state index is 13.5. The lowest BCUT2D eigenvalue weighted by Crippen LogP contribution is -2.30. The molecular formula is C33H42O4. The molecule has 0 aromatic heterocycles. The number of Topliss-reactive ketones (excluding diaryl/α,β-unsaturated/α-hetero) is 4. The Hall–Kier alpha value is -2.88. The van der Waals surface area contributed by atoms with Gasteiger partial charge < -0.3 is 0 Å². The van der Waals surface area contributed by atoms with Crippen molar-refractivity contribution in [1.82, 2.24) is 0 Å². The minimum atomic E-state index is -0.143. The summed E-state index contributed by atoms with van der Waals surface area (Å²) < 4.78 is 0. The molecule has 2 aromatic carbocycles. The van der Waals surface area contributed by atoms with E-state index in [4.69, 9.17) is 0 Å². The summed E-state index contributed by atoms with van der Waals surface area (Å²) in [5, 5.41) is 0. The first-order valence-corrected chi connectivity index (χ1v) is 13.9. The van der Waals surface area contributed by atoms with E-state index >= 15 is 0 Å². The third kappa shape index (κ3) is 6.71. The van der Waals surface area contributed by atoms with E-state index < -0.39 is 0 Å². The molecule has 1 aliphatic carbocycles. The molecule has 0 bridgehead atoms. The maximum Gasteiger partial charge on any atom is 0.165 e. The van der Waals surface area contributed by atoms with Crippen molar-refractivity contribution in [3.8, 4) is 11.1 Å². The van der Waals surface area contributed by atoms with E-state index in [-0.39, 0.29) is 53.2 Å². The van der Waals surface area contributed by atoms with Crippen molar-refractivity contribution in [2.45, 2.75) is 86.5 Å². The first-order valence-electron chi connectivity index (χ1n) is 13.9. The average Bonchev–Trinajstić information content (AvgIpc) is 2.83. The molecule has 3 rings (SSSR count). The zero-order valence-corrected chi connectivity index (χ0v) is 23.4. The van der Waals surface area contributed by atoms with Crippen LogP contribution in [0.2, 0.25) is 0 Å². The lowest BCUT2D eigenvalue weighted by atomic mass is 9.71. The Morgan fingerprint density at radius 1 is 1.03 bits per heavy atom. The van der Waals surface area contributed by atoms with Crippen LogP contribution in [0.1, 0.15) is 105 Å². The van der Waals surface area contributed by atoms with Crippen molar-refractivity contribution in [1.29, 1.82) is 0 Å². The fraction of sp³-hybridized carbons (Fsp3) is 0.515. The van der Waals surface area contributed by atoms with Gasteiger partial charge in [0.05, 0.1) is 6.42 Å². The molecule has 1 aliphatic rings. The number of carbonyl (C=O) groups is 4. The Morgan fingerprint density at radius 2 is 1.76 bits per heavy atom. The highest BCUT2D eigenvalue weighted by molar-refractivity contribution is 6.03. The second kappa shape index (κ2) is 12.6. The van der Waals surface area contributed by atoms with Gasteiger partial charge in [0.1, 0.15) is 11.6 Å². The van der Waals surface area contributed by atoms with Gasteiger partial charge in [0.2, 0.25) is 0 Å². The third-order valence-corrected chi connectivity index (χ3v) is 7.89. The standard InChI is InChI=1S/C33H42O4/c1-7-10-24(27(8-2)30(35)15-22(6)34)16-23-17-29-28(14-13-21(5)32(29)31(36)18-23)25-11-9-12-26(19-25)33(37)20(3)4/h9,11-14,19-20,23-24,27H,7-8,10,15-18H2,1-6H3. The summed E-state index contributed by atoms with van der Waals surface area (Å²) in [6, 6.07) is 11.8. The van der Waals surface area contributed by atoms with Crippen molar-refractivity contribution in [3.05, 3.63) is 58.7 Å². The number of hydrogen-bond donors (Lipinski definition) is 0. The molecule has 37 heavy (non-hydrogen) atoms. The number of rotatable bonds is 12. The smallest absolute Gasteiger partial charge is 0.165 e. The summed E-state index contributed by atoms with van der Waals surface area (Å²) in [5.41, 5.74) is 5.55. The van der Waals surface area contributed by atoms with Crippen LogP contribution < -0.4 is 0 Å². The van der Waals surface area contributed by atoms with E-state index in [0.717, 1.165) is 59.9 Å². The summed E-state index contributed by atoms with van der Waals surface area (Å²) in [5.74, 6) is 0.325. The molecule has 0 spiro atoms. The second-order valence-corrected chi connectivity index (χ2v) is 11.2. The quantitative estimate of drug-likeness (QED) is 0.221. The molecule has 0 radical (unpaired) electrons. The minimum absolute atomic E-state index is 0.0000672. The number of ketones is 4. The Morgan fingerprint density at radius 3 is 2.38 bits per heavy atom. The SMILES string of the molecule is CCCC(CC1CC(=O)c2c(C)ccc(-c3cccc(C(=O)C(C)C)c3)c2C1)C(CC)C(=O)CC(C)=O. The second-order valence-electron chi connectivity index (χ2n) is 11.2. The Bertz CT molecular complexity index is 1170. The monoisotopic (exact) mass is 502 g/mol. The summed E-state index contributed by atoms with van der Waals surface area (Å²) in [4.78, 5) is 50.7. The van der Waals surface area contributed by atoms with Gasteiger partial charge in [-0.05, 0) is 73.3 Å². The van der Waals surface area contributed by atoms with Crippen LogP contribution in [0.3, 0.4) is 0 Å². The number of fused-ring (bicyclic) bond motifs is 1. The van der Waals surface area contributed by atoms with Crippen LogP contribution in [-0.2, 0) is 16.0 Å². The van der Waals surface area contributed by atoms with Crippen molar-refractivity contribution in [3.63, 3.8) is 0 Å². The molecule has 0 fully saturated rings. The lowest BCUT2D eigenvalue weighted by Gasteiger charge is -2.32. The topological polar surface area (TPSA) is 68.3 Å². The van der Waals surface area contributed by atoms with E-state index in [9.17, 15) is 19.2 Å². The fourth-order valence-electron chi connectivity index (χ4n) is 6.18. The normalized spacial score (nSPS) is 16.8. The highest BCUT2D eigenvalue weighted by atomic mass is 16.1. The van der Waals surface area contributed by atoms with Crippen LogP contribution in [0.5, 0.6) is 0 Å². The maximum absolute atomic E-state index is 13.5. The molecule has 0 amide bonds. The molecule has 2 aromatic rings. The number of benzene rings is 2. The molecule has 0 saturated carbocycles. The van der Waals surface area contributed by atoms with Gasteiger partial charge in [-0.25, -0.2) is 0 Å². The van der Waals surface area contributed by atoms with Crippen LogP contribution in [0.15, 0.2) is 36.4 Å². The Labute approximate surface area is 222 Å². The first kappa shape index (κ1) is 28.7. The van der Waals surface area contributed by atoms with Gasteiger partial charge in [0, 0.05) is 29.4 Å². The van der Waals surface area contributed by atoms with Gasteiger partial charge in [-0.2, -0.15) is 0 Å². The van der Waals surface area contributed by atoms with E-state index in [1.807, 2.05) is 58.0 Å². The molecule has 0 aliphatic heterocycles. The van der Waals surface area contributed by atoms with Crippen LogP contribution >= 0.6 is 0 Å². The summed E-state index contributed by atoms with van der Waals surface area (Å²) in [7, 11) is 0. The highest BCUT2D eigenvalue weighted by Gasteiger charge is 2.34. The molecule has 0 saturated heterocycles. The first-order chi connectivity index (χ1) is 17.6. The van der Waals surface area contributed by atoms with Gasteiger partial charge in [-0.15, -0.1) is 0 Å². The van der Waals surface area contributed by atoms with E-state index in [1.54, 1.807) is 0 Å². The summed E-state index contributed by atoms with van der Waals surface area (Å²) in [6.45, 7) is 11.4. The Balaban J connectivity index is 1.96. The predicted molar refractivity (Wildman–Crippen MR) is 149 cm³/mol. The van der Waals surface area contributed by atoms with Crippen LogP contribution in [0.4, 0.5) is 0 Å². The fourth-order valence-corrected chi connectivity index (χ4v) is 6.18. The van der Waals surface area contributed by atoms with Crippen molar-refractivity contribution in [2.24, 2.45) is 23.7 Å². The van der Waals surface area contributed by atoms with Gasteiger partial charge in [-0.3, -0.25) is 19.2 Å². The van der Waals surface area contributed by atoms with Gasteiger partial charge in [0.15, 0.2) is 11.6 Å². The molecule has 0 heterocycles. The van der Waals surface area contributed by atoms with E-state index in [1.165, 1.54) is 6.92 Å². The third-order valence-electron chi connectivity index (χ3n) is 7.89. The van der Waals surface area contributed by atoms with Crippen molar-refractivity contribution in [2.75, 3.05) is 0 Å². The molecule has 4 heteroatoms. The molecular weight excluding hydrogens is 460 g/mol. The predicted octanol–water partition coefficient (Wildman–Crippen LogP) is 7.63. The molecule has 4 nitrogen and oxygen atoms in total. The van der Waals surface area contributed by atoms with Gasteiger partial charge >= 0.3 is 0 Å². The van der Waals surface area contributed by atoms with Crippen molar-refractivity contribution < 1.29 is 19.2 Å². The molecule has 198 valence electrons. The average molecular weight is 503 g/mol. The zero-order valence-electron chi connectivity index (χ0n) is 23.4. The zero-order chi connectivity index (χ0) is 27.3. The largest absolute Gasteiger partial charge is 0.300 e. The Kier molecular flexibility index (Phi) is 9.75. The van der Waals surface area contributed by atoms with Gasteiger partial charge in [-0.1, -0.05) is 70.9 Å². The molecule has 3 atom stereocenters. The minimum Gasteiger partial charge on any atom is -0.300 e. The van der Waals surface area contributed by atoms with Crippen molar-refractivity contribution >= 4 is 23.1 Å². The highest BCUT2D eigenvalue weighted by Crippen LogP contribution is 2.40. The number of carbonyl (C=O) groups excluding carboxylic acids is 4.